The molecule has 4 rings (SSSR count). The van der Waals surface area contributed by atoms with Gasteiger partial charge in [0.15, 0.2) is 0 Å². The van der Waals surface area contributed by atoms with E-state index in [4.69, 9.17) is 10.00 Å². The molecule has 2 aromatic rings. The standard InChI is InChI=1S/C19H22N6O2/c20-12-15-1-3-18(21-13-15)24-5-6-25-17(14-24)11-16(22-25)2-4-19(26)23-7-9-27-10-8-23/h1,3,11,13H,2,4-10,14H2. The van der Waals surface area contributed by atoms with Crippen LogP contribution in [-0.4, -0.2) is 58.4 Å². The van der Waals surface area contributed by atoms with Crippen molar-refractivity contribution >= 4 is 11.7 Å². The van der Waals surface area contributed by atoms with Gasteiger partial charge in [-0.2, -0.15) is 10.4 Å². The molecule has 4 heterocycles. The Balaban J connectivity index is 1.36. The number of morpholine rings is 1. The third-order valence-corrected chi connectivity index (χ3v) is 5.01. The van der Waals surface area contributed by atoms with Gasteiger partial charge in [0, 0.05) is 38.7 Å². The number of aromatic nitrogens is 3. The zero-order valence-electron chi connectivity index (χ0n) is 15.2. The molecule has 2 aromatic heterocycles. The molecule has 0 radical (unpaired) electrons. The number of carbonyl (C=O) groups is 1. The number of rotatable bonds is 4. The summed E-state index contributed by atoms with van der Waals surface area (Å²) in [6.45, 7) is 4.96. The van der Waals surface area contributed by atoms with Crippen LogP contribution >= 0.6 is 0 Å². The number of fused-ring (bicyclic) bond motifs is 1. The molecule has 2 aliphatic rings. The lowest BCUT2D eigenvalue weighted by molar-refractivity contribution is -0.135. The summed E-state index contributed by atoms with van der Waals surface area (Å²) < 4.78 is 7.31. The molecule has 0 aliphatic carbocycles. The number of anilines is 1. The molecule has 140 valence electrons. The first kappa shape index (κ1) is 17.5. The van der Waals surface area contributed by atoms with Crippen LogP contribution in [0.25, 0.3) is 0 Å². The third kappa shape index (κ3) is 3.93. The summed E-state index contributed by atoms with van der Waals surface area (Å²) in [5.74, 6) is 1.04. The summed E-state index contributed by atoms with van der Waals surface area (Å²) >= 11 is 0. The van der Waals surface area contributed by atoms with Crippen molar-refractivity contribution in [3.8, 4) is 6.07 Å². The fourth-order valence-corrected chi connectivity index (χ4v) is 3.49. The van der Waals surface area contributed by atoms with Crippen molar-refractivity contribution in [1.29, 1.82) is 5.26 Å². The van der Waals surface area contributed by atoms with Crippen LogP contribution in [-0.2, 0) is 29.0 Å². The van der Waals surface area contributed by atoms with E-state index in [1.54, 1.807) is 12.3 Å². The van der Waals surface area contributed by atoms with Crippen LogP contribution in [0.5, 0.6) is 0 Å². The SMILES string of the molecule is N#Cc1ccc(N2CCn3nc(CCC(=O)N4CCOCC4)cc3C2)nc1. The largest absolute Gasteiger partial charge is 0.378 e. The quantitative estimate of drug-likeness (QED) is 0.801. The van der Waals surface area contributed by atoms with E-state index >= 15 is 0 Å². The molecular weight excluding hydrogens is 344 g/mol. The molecule has 0 spiro atoms. The van der Waals surface area contributed by atoms with E-state index in [2.05, 4.69) is 27.1 Å². The minimum atomic E-state index is 0.174. The summed E-state index contributed by atoms with van der Waals surface area (Å²) in [5.41, 5.74) is 2.65. The first-order valence-electron chi connectivity index (χ1n) is 9.25. The van der Waals surface area contributed by atoms with E-state index in [-0.39, 0.29) is 5.91 Å². The second-order valence-electron chi connectivity index (χ2n) is 6.78. The number of amides is 1. The van der Waals surface area contributed by atoms with Crippen LogP contribution in [0.15, 0.2) is 24.4 Å². The van der Waals surface area contributed by atoms with Gasteiger partial charge in [-0.25, -0.2) is 4.98 Å². The molecule has 27 heavy (non-hydrogen) atoms. The first-order valence-corrected chi connectivity index (χ1v) is 9.25. The maximum Gasteiger partial charge on any atom is 0.223 e. The smallest absolute Gasteiger partial charge is 0.223 e. The number of nitrogens with zero attached hydrogens (tertiary/aromatic N) is 6. The molecule has 1 fully saturated rings. The average molecular weight is 366 g/mol. The van der Waals surface area contributed by atoms with Crippen molar-refractivity contribution in [2.45, 2.75) is 25.9 Å². The van der Waals surface area contributed by atoms with Crippen LogP contribution in [0.2, 0.25) is 0 Å². The summed E-state index contributed by atoms with van der Waals surface area (Å²) in [7, 11) is 0. The number of hydrogen-bond donors (Lipinski definition) is 0. The molecule has 1 saturated heterocycles. The molecule has 8 heteroatoms. The molecule has 0 aromatic carbocycles. The Morgan fingerprint density at radius 1 is 1.22 bits per heavy atom. The van der Waals surface area contributed by atoms with E-state index < -0.39 is 0 Å². The minimum absolute atomic E-state index is 0.174. The van der Waals surface area contributed by atoms with Crippen molar-refractivity contribution in [1.82, 2.24) is 19.7 Å². The predicted molar refractivity (Wildman–Crippen MR) is 97.9 cm³/mol. The predicted octanol–water partition coefficient (Wildman–Crippen LogP) is 0.961. The van der Waals surface area contributed by atoms with Crippen LogP contribution in [0, 0.1) is 11.3 Å². The van der Waals surface area contributed by atoms with Gasteiger partial charge in [0.1, 0.15) is 11.9 Å². The minimum Gasteiger partial charge on any atom is -0.378 e. The number of ether oxygens (including phenoxy) is 1. The van der Waals surface area contributed by atoms with Crippen molar-refractivity contribution < 1.29 is 9.53 Å². The normalized spacial score (nSPS) is 16.7. The summed E-state index contributed by atoms with van der Waals surface area (Å²) in [4.78, 5) is 20.7. The average Bonchev–Trinajstić information content (AvgIpc) is 3.15. The van der Waals surface area contributed by atoms with Gasteiger partial charge < -0.3 is 14.5 Å². The molecule has 0 atom stereocenters. The molecule has 1 amide bonds. The lowest BCUT2D eigenvalue weighted by Crippen LogP contribution is -2.40. The zero-order valence-corrected chi connectivity index (χ0v) is 15.2. The van der Waals surface area contributed by atoms with E-state index in [0.717, 1.165) is 36.8 Å². The topological polar surface area (TPSA) is 87.3 Å². The molecule has 8 nitrogen and oxygen atoms in total. The second-order valence-corrected chi connectivity index (χ2v) is 6.78. The number of nitriles is 1. The molecule has 2 aliphatic heterocycles. The molecular formula is C19H22N6O2. The number of aryl methyl sites for hydroxylation is 1. The van der Waals surface area contributed by atoms with Crippen molar-refractivity contribution in [3.05, 3.63) is 41.3 Å². The van der Waals surface area contributed by atoms with E-state index in [1.165, 1.54) is 0 Å². The van der Waals surface area contributed by atoms with Crippen LogP contribution < -0.4 is 4.90 Å². The molecule has 0 saturated carbocycles. The Labute approximate surface area is 158 Å². The Kier molecular flexibility index (Phi) is 5.03. The first-order chi connectivity index (χ1) is 13.2. The van der Waals surface area contributed by atoms with E-state index in [1.807, 2.05) is 15.6 Å². The van der Waals surface area contributed by atoms with Gasteiger partial charge in [0.25, 0.3) is 0 Å². The third-order valence-electron chi connectivity index (χ3n) is 5.01. The van der Waals surface area contributed by atoms with Crippen LogP contribution in [0.1, 0.15) is 23.4 Å². The summed E-state index contributed by atoms with van der Waals surface area (Å²) in [5, 5.41) is 13.6. The van der Waals surface area contributed by atoms with Gasteiger partial charge >= 0.3 is 0 Å². The van der Waals surface area contributed by atoms with Gasteiger partial charge in [-0.15, -0.1) is 0 Å². The lowest BCUT2D eigenvalue weighted by Gasteiger charge is -2.28. The molecule has 0 unspecified atom stereocenters. The lowest BCUT2D eigenvalue weighted by atomic mass is 10.2. The van der Waals surface area contributed by atoms with Crippen molar-refractivity contribution in [2.24, 2.45) is 0 Å². The van der Waals surface area contributed by atoms with E-state index in [0.29, 0.717) is 44.7 Å². The Morgan fingerprint density at radius 3 is 2.81 bits per heavy atom. The highest BCUT2D eigenvalue weighted by Crippen LogP contribution is 2.20. The van der Waals surface area contributed by atoms with Gasteiger partial charge in [0.05, 0.1) is 43.3 Å². The Hall–Kier alpha value is -2.92. The summed E-state index contributed by atoms with van der Waals surface area (Å²) in [6, 6.07) is 7.85. The fourth-order valence-electron chi connectivity index (χ4n) is 3.49. The van der Waals surface area contributed by atoms with Gasteiger partial charge in [-0.3, -0.25) is 9.48 Å². The zero-order chi connectivity index (χ0) is 18.6. The van der Waals surface area contributed by atoms with Crippen LogP contribution in [0.4, 0.5) is 5.82 Å². The number of carbonyl (C=O) groups excluding carboxylic acids is 1. The number of pyridine rings is 1. The van der Waals surface area contributed by atoms with Gasteiger partial charge in [-0.1, -0.05) is 0 Å². The fraction of sp³-hybridized carbons (Fsp3) is 0.474. The van der Waals surface area contributed by atoms with Gasteiger partial charge in [-0.05, 0) is 18.2 Å². The van der Waals surface area contributed by atoms with Crippen LogP contribution in [0.3, 0.4) is 0 Å². The highest BCUT2D eigenvalue weighted by Gasteiger charge is 2.21. The molecule has 0 N–H and O–H groups in total. The van der Waals surface area contributed by atoms with E-state index in [9.17, 15) is 4.79 Å². The monoisotopic (exact) mass is 366 g/mol. The van der Waals surface area contributed by atoms with Gasteiger partial charge in [0.2, 0.25) is 5.91 Å². The highest BCUT2D eigenvalue weighted by atomic mass is 16.5. The number of hydrogen-bond acceptors (Lipinski definition) is 6. The Morgan fingerprint density at radius 2 is 2.07 bits per heavy atom. The Bertz CT molecular complexity index is 848. The van der Waals surface area contributed by atoms with Crippen molar-refractivity contribution in [3.63, 3.8) is 0 Å². The maximum absolute atomic E-state index is 12.3. The summed E-state index contributed by atoms with van der Waals surface area (Å²) in [6.07, 6.45) is 2.74. The molecule has 0 bridgehead atoms. The maximum atomic E-state index is 12.3. The van der Waals surface area contributed by atoms with Crippen molar-refractivity contribution in [2.75, 3.05) is 37.7 Å². The second kappa shape index (κ2) is 7.76. The highest BCUT2D eigenvalue weighted by molar-refractivity contribution is 5.76.